The monoisotopic (exact) mass is 194 g/mol. The molecule has 1 atom stereocenters. The average Bonchev–Trinajstić information content (AvgIpc) is 2.03. The second-order valence-corrected chi connectivity index (χ2v) is 3.11. The third-order valence-electron chi connectivity index (χ3n) is 0.887. The molecule has 6 heteroatoms. The van der Waals surface area contributed by atoms with Crippen LogP contribution in [0.4, 0.5) is 0 Å². The number of carbonyl (C=O) groups excluding carboxylic acids is 1. The van der Waals surface area contributed by atoms with Crippen molar-refractivity contribution in [3.8, 4) is 0 Å². The molecule has 0 aromatic carbocycles. The first-order valence-electron chi connectivity index (χ1n) is 3.26. The number of carbonyl (C=O) groups is 2. The van der Waals surface area contributed by atoms with Crippen LogP contribution >= 0.6 is 11.8 Å². The Balaban J connectivity index is 3.95. The number of ether oxygens (including phenoxy) is 1. The number of aliphatic hydroxyl groups is 1. The van der Waals surface area contributed by atoms with Crippen LogP contribution in [-0.4, -0.2) is 39.9 Å². The number of hydrogen-bond donors (Lipinski definition) is 2. The highest BCUT2D eigenvalue weighted by Gasteiger charge is 2.20. The van der Waals surface area contributed by atoms with Gasteiger partial charge in [-0.1, -0.05) is 6.92 Å². The summed E-state index contributed by atoms with van der Waals surface area (Å²) in [5.74, 6) is -1.62. The zero-order valence-electron chi connectivity index (χ0n) is 6.52. The predicted molar refractivity (Wildman–Crippen MR) is 42.7 cm³/mol. The molecule has 0 spiro atoms. The van der Waals surface area contributed by atoms with Crippen LogP contribution in [0, 0.1) is 0 Å². The highest BCUT2D eigenvalue weighted by molar-refractivity contribution is 8.00. The van der Waals surface area contributed by atoms with E-state index >= 15 is 0 Å². The second-order valence-electron chi connectivity index (χ2n) is 1.77. The van der Waals surface area contributed by atoms with Gasteiger partial charge in [0.25, 0.3) is 0 Å². The minimum Gasteiger partial charge on any atom is -0.478 e. The van der Waals surface area contributed by atoms with Crippen LogP contribution in [-0.2, 0) is 14.3 Å². The van der Waals surface area contributed by atoms with Gasteiger partial charge in [-0.15, -0.1) is 11.8 Å². The molecule has 0 saturated heterocycles. The predicted octanol–water partition coefficient (Wildman–Crippen LogP) is -0.314. The van der Waals surface area contributed by atoms with Crippen LogP contribution in [0.25, 0.3) is 0 Å². The molecule has 12 heavy (non-hydrogen) atoms. The smallest absolute Gasteiger partial charge is 0.355 e. The molecular formula is C6H10O5S. The summed E-state index contributed by atoms with van der Waals surface area (Å²) in [6.07, 6.45) is 0. The molecule has 0 aromatic heterocycles. The van der Waals surface area contributed by atoms with Crippen molar-refractivity contribution >= 4 is 23.7 Å². The highest BCUT2D eigenvalue weighted by atomic mass is 32.2. The lowest BCUT2D eigenvalue weighted by Gasteiger charge is -2.10. The lowest BCUT2D eigenvalue weighted by Crippen LogP contribution is -2.25. The molecule has 1 unspecified atom stereocenters. The van der Waals surface area contributed by atoms with Crippen molar-refractivity contribution < 1.29 is 24.5 Å². The molecule has 0 fully saturated rings. The average molecular weight is 194 g/mol. The molecule has 0 radical (unpaired) electrons. The first-order chi connectivity index (χ1) is 5.61. The molecule has 0 aromatic rings. The number of aliphatic hydroxyl groups excluding tert-OH is 1. The molecule has 0 bridgehead atoms. The molecular weight excluding hydrogens is 184 g/mol. The largest absolute Gasteiger partial charge is 0.478 e. The van der Waals surface area contributed by atoms with E-state index in [-0.39, 0.29) is 0 Å². The van der Waals surface area contributed by atoms with Crippen molar-refractivity contribution in [3.63, 3.8) is 0 Å². The first kappa shape index (κ1) is 11.2. The van der Waals surface area contributed by atoms with Gasteiger partial charge in [0.15, 0.2) is 0 Å². The summed E-state index contributed by atoms with van der Waals surface area (Å²) >= 11 is 0.974. The Morgan fingerprint density at radius 2 is 2.17 bits per heavy atom. The van der Waals surface area contributed by atoms with Crippen molar-refractivity contribution in [1.29, 1.82) is 0 Å². The van der Waals surface area contributed by atoms with Gasteiger partial charge in [0, 0.05) is 0 Å². The maximum atomic E-state index is 10.5. The minimum atomic E-state index is -1.22. The van der Waals surface area contributed by atoms with E-state index in [9.17, 15) is 9.59 Å². The Morgan fingerprint density at radius 3 is 2.50 bits per heavy atom. The quantitative estimate of drug-likeness (QED) is 0.461. The van der Waals surface area contributed by atoms with E-state index in [0.717, 1.165) is 11.8 Å². The summed E-state index contributed by atoms with van der Waals surface area (Å²) in [6.45, 7) is 0.946. The van der Waals surface area contributed by atoms with Gasteiger partial charge in [-0.3, -0.25) is 0 Å². The topological polar surface area (TPSA) is 83.8 Å². The number of rotatable bonds is 5. The minimum absolute atomic E-state index is 0.523. The molecule has 0 rings (SSSR count). The van der Waals surface area contributed by atoms with E-state index < -0.39 is 24.0 Å². The Labute approximate surface area is 73.7 Å². The molecule has 0 aliphatic heterocycles. The Bertz CT molecular complexity index is 167. The molecule has 0 heterocycles. The number of esters is 1. The van der Waals surface area contributed by atoms with E-state index in [1.54, 1.807) is 6.92 Å². The Kier molecular flexibility index (Phi) is 5.48. The highest BCUT2D eigenvalue weighted by Crippen LogP contribution is 2.11. The fourth-order valence-electron chi connectivity index (χ4n) is 0.464. The zero-order valence-corrected chi connectivity index (χ0v) is 7.34. The number of carboxylic acid groups (broad SMARTS) is 1. The van der Waals surface area contributed by atoms with E-state index in [2.05, 4.69) is 4.74 Å². The van der Waals surface area contributed by atoms with Crippen LogP contribution in [0.1, 0.15) is 6.92 Å². The lowest BCUT2D eigenvalue weighted by atomic mass is 10.7. The van der Waals surface area contributed by atoms with Crippen molar-refractivity contribution in [3.05, 3.63) is 0 Å². The summed E-state index contributed by atoms with van der Waals surface area (Å²) in [5, 5.41) is 16.7. The van der Waals surface area contributed by atoms with Crippen molar-refractivity contribution in [2.24, 2.45) is 0 Å². The molecule has 70 valence electrons. The summed E-state index contributed by atoms with van der Waals surface area (Å²) in [5.41, 5.74) is -1.21. The van der Waals surface area contributed by atoms with Gasteiger partial charge in [0.1, 0.15) is 6.61 Å². The zero-order chi connectivity index (χ0) is 9.56. The molecule has 0 saturated carbocycles. The first-order valence-corrected chi connectivity index (χ1v) is 4.31. The third-order valence-corrected chi connectivity index (χ3v) is 1.82. The van der Waals surface area contributed by atoms with E-state index in [1.807, 2.05) is 0 Å². The molecule has 2 N–H and O–H groups in total. The normalized spacial score (nSPS) is 12.2. The van der Waals surface area contributed by atoms with Gasteiger partial charge in [-0.2, -0.15) is 0 Å². The number of hydrogen-bond acceptors (Lipinski definition) is 5. The van der Waals surface area contributed by atoms with Crippen LogP contribution in [0.5, 0.6) is 0 Å². The fraction of sp³-hybridized carbons (Fsp3) is 0.667. The van der Waals surface area contributed by atoms with Gasteiger partial charge >= 0.3 is 11.9 Å². The van der Waals surface area contributed by atoms with Crippen molar-refractivity contribution in [2.75, 3.05) is 12.4 Å². The molecule has 0 aliphatic carbocycles. The second kappa shape index (κ2) is 5.84. The fourth-order valence-corrected chi connectivity index (χ4v) is 1.08. The summed E-state index contributed by atoms with van der Waals surface area (Å²) < 4.78 is 4.38. The van der Waals surface area contributed by atoms with Gasteiger partial charge in [-0.25, -0.2) is 9.59 Å². The summed E-state index contributed by atoms with van der Waals surface area (Å²) in [4.78, 5) is 20.8. The van der Waals surface area contributed by atoms with E-state index in [0.29, 0.717) is 5.75 Å². The molecule has 5 nitrogen and oxygen atoms in total. The molecule has 0 aliphatic rings. The van der Waals surface area contributed by atoms with Crippen molar-refractivity contribution in [1.82, 2.24) is 0 Å². The number of aliphatic carboxylic acids is 1. The van der Waals surface area contributed by atoms with Crippen LogP contribution in [0.3, 0.4) is 0 Å². The Hall–Kier alpha value is -0.750. The lowest BCUT2D eigenvalue weighted by molar-refractivity contribution is -0.159. The Morgan fingerprint density at radius 1 is 1.58 bits per heavy atom. The number of thioether (sulfide) groups is 1. The van der Waals surface area contributed by atoms with E-state index in [1.165, 1.54) is 0 Å². The maximum Gasteiger partial charge on any atom is 0.355 e. The summed E-state index contributed by atoms with van der Waals surface area (Å²) in [6, 6.07) is 0. The van der Waals surface area contributed by atoms with E-state index in [4.69, 9.17) is 10.2 Å². The van der Waals surface area contributed by atoms with Crippen LogP contribution in [0.15, 0.2) is 0 Å². The van der Waals surface area contributed by atoms with Crippen LogP contribution < -0.4 is 0 Å². The SMILES string of the molecule is CCSC(OC(=O)CO)C(=O)O. The van der Waals surface area contributed by atoms with Gasteiger partial charge in [-0.05, 0) is 5.75 Å². The van der Waals surface area contributed by atoms with Crippen molar-refractivity contribution in [2.45, 2.75) is 12.4 Å². The van der Waals surface area contributed by atoms with Crippen LogP contribution in [0.2, 0.25) is 0 Å². The van der Waals surface area contributed by atoms with Gasteiger partial charge < -0.3 is 14.9 Å². The third kappa shape index (κ3) is 4.20. The van der Waals surface area contributed by atoms with Gasteiger partial charge in [0.05, 0.1) is 0 Å². The maximum absolute atomic E-state index is 10.5. The number of carboxylic acids is 1. The molecule has 0 amide bonds. The standard InChI is InChI=1S/C6H10O5S/c1-2-12-6(5(9)10)11-4(8)3-7/h6-7H,2-3H2,1H3,(H,9,10). The summed E-state index contributed by atoms with van der Waals surface area (Å²) in [7, 11) is 0. The van der Waals surface area contributed by atoms with Gasteiger partial charge in [0.2, 0.25) is 5.44 Å².